The van der Waals surface area contributed by atoms with Gasteiger partial charge in [0.05, 0.1) is 48.6 Å². The number of hydrogen-bond donors (Lipinski definition) is 6. The van der Waals surface area contributed by atoms with Crippen LogP contribution in [0.4, 0.5) is 4.39 Å². The van der Waals surface area contributed by atoms with Crippen molar-refractivity contribution in [2.75, 3.05) is 32.9 Å². The number of aryl methyl sites for hydroxylation is 1. The van der Waals surface area contributed by atoms with E-state index in [-0.39, 0.29) is 79.6 Å². The summed E-state index contributed by atoms with van der Waals surface area (Å²) in [7, 11) is 0. The van der Waals surface area contributed by atoms with Gasteiger partial charge in [-0.1, -0.05) is 50.6 Å². The number of nitrogens with two attached hydrogens (primary N) is 1. The molecule has 1 aliphatic carbocycles. The van der Waals surface area contributed by atoms with Gasteiger partial charge in [-0.15, -0.1) is 0 Å². The number of hydrogen-bond acceptors (Lipinski definition) is 13. The van der Waals surface area contributed by atoms with Gasteiger partial charge in [-0.05, 0) is 67.3 Å². The van der Waals surface area contributed by atoms with Crippen LogP contribution in [-0.4, -0.2) is 101 Å². The van der Waals surface area contributed by atoms with E-state index in [9.17, 15) is 43.2 Å². The summed E-state index contributed by atoms with van der Waals surface area (Å²) in [5.41, 5.74) is 9.82. The van der Waals surface area contributed by atoms with E-state index in [1.807, 2.05) is 0 Å². The molecule has 1 saturated heterocycles. The largest absolute Gasteiger partial charge is 0.458 e. The van der Waals surface area contributed by atoms with Crippen molar-refractivity contribution in [1.82, 2.24) is 41.0 Å². The molecule has 0 bridgehead atoms. The first-order valence-electron chi connectivity index (χ1n) is 24.2. The van der Waals surface area contributed by atoms with Gasteiger partial charge in [-0.3, -0.25) is 43.3 Å². The van der Waals surface area contributed by atoms with Crippen LogP contribution in [0, 0.1) is 18.7 Å². The van der Waals surface area contributed by atoms with Crippen LogP contribution < -0.4 is 37.9 Å². The smallest absolute Gasteiger partial charge is 0.343 e. The normalized spacial score (nSPS) is 19.0. The van der Waals surface area contributed by atoms with Crippen LogP contribution in [0.2, 0.25) is 0 Å². The van der Waals surface area contributed by atoms with Crippen molar-refractivity contribution >= 4 is 58.2 Å². The number of rotatable bonds is 20. The first-order chi connectivity index (χ1) is 34.5. The molecule has 21 heteroatoms. The molecule has 8 rings (SSSR count). The van der Waals surface area contributed by atoms with E-state index in [0.29, 0.717) is 66.7 Å². The van der Waals surface area contributed by atoms with E-state index in [2.05, 4.69) is 26.6 Å². The molecule has 0 spiro atoms. The van der Waals surface area contributed by atoms with Crippen LogP contribution in [0.3, 0.4) is 0 Å². The number of ether oxygens (including phenoxy) is 2. The van der Waals surface area contributed by atoms with Crippen LogP contribution in [0.5, 0.6) is 0 Å². The lowest BCUT2D eigenvalue weighted by Gasteiger charge is -2.36. The number of fused-ring (bicyclic) bond motifs is 5. The monoisotopic (exact) mass is 991 g/mol. The van der Waals surface area contributed by atoms with Crippen LogP contribution in [0.1, 0.15) is 104 Å². The van der Waals surface area contributed by atoms with Crippen molar-refractivity contribution in [3.8, 4) is 11.4 Å². The number of nitrogens with zero attached hydrogens (tertiary/aromatic N) is 3. The van der Waals surface area contributed by atoms with Gasteiger partial charge in [0.25, 0.3) is 5.56 Å². The molecule has 4 atom stereocenters. The summed E-state index contributed by atoms with van der Waals surface area (Å²) in [6.45, 7) is 3.26. The van der Waals surface area contributed by atoms with Crippen molar-refractivity contribution in [3.05, 3.63) is 97.6 Å². The molecule has 380 valence electrons. The second-order valence-corrected chi connectivity index (χ2v) is 18.7. The fourth-order valence-electron chi connectivity index (χ4n) is 10.0. The predicted octanol–water partition coefficient (Wildman–Crippen LogP) is 1.60. The molecule has 1 fully saturated rings. The van der Waals surface area contributed by atoms with E-state index < -0.39 is 79.0 Å². The SMILES string of the molecule is CC[C@@]1(OCNC(=O)CNC(=O)[C@H](Cc2ccccc2)NC(=O)CNC(=O)CNC(=O)CCCCCN2C(=O)CC(C)C2=O)C(=O)OCc2c1cc1n(c2=O)Cc2c-1nc1cc(F)c(C)c3c1c2[C@@H](N)CC3. The zero-order chi connectivity index (χ0) is 51.4. The average Bonchev–Trinajstić information content (AvgIpc) is 3.85. The average molecular weight is 992 g/mol. The Morgan fingerprint density at radius 3 is 2.38 bits per heavy atom. The summed E-state index contributed by atoms with van der Waals surface area (Å²) >= 11 is 0. The lowest BCUT2D eigenvalue weighted by Crippen LogP contribution is -2.52. The van der Waals surface area contributed by atoms with E-state index in [1.54, 1.807) is 61.7 Å². The first kappa shape index (κ1) is 51.0. The minimum absolute atomic E-state index is 0.00199. The first-order valence-corrected chi connectivity index (χ1v) is 24.2. The maximum absolute atomic E-state index is 15.2. The maximum Gasteiger partial charge on any atom is 0.343 e. The van der Waals surface area contributed by atoms with Gasteiger partial charge in [0.1, 0.15) is 25.2 Å². The van der Waals surface area contributed by atoms with Crippen molar-refractivity contribution in [2.45, 2.75) is 109 Å². The van der Waals surface area contributed by atoms with Gasteiger partial charge in [-0.25, -0.2) is 14.2 Å². The van der Waals surface area contributed by atoms with Gasteiger partial charge in [-0.2, -0.15) is 0 Å². The Morgan fingerprint density at radius 2 is 1.64 bits per heavy atom. The molecular weight excluding hydrogens is 934 g/mol. The lowest BCUT2D eigenvalue weighted by atomic mass is 9.82. The Balaban J connectivity index is 0.844. The third kappa shape index (κ3) is 10.3. The van der Waals surface area contributed by atoms with Crippen LogP contribution in [0.15, 0.2) is 47.3 Å². The standard InChI is InChI=1S/C51H58FN9O11/c1-4-51(33-19-38-46-31(24-61(38)49(69)32(33)25-71-50(51)70)44-35(53)15-14-30-28(3)34(52)20-36(59-46)45(30)44)72-26-57-41(64)22-56-47(67)37(18-29-11-7-5-8-12-29)58-42(65)23-55-40(63)21-54-39(62)13-9-6-10-16-60-43(66)17-27(2)48(60)68/h5,7-8,11-12,19-20,27,35,37H,4,6,9-10,13-18,21-26,53H2,1-3H3,(H,54,62)(H,55,63)(H,56,67)(H,57,64)(H,58,65)/t27?,35-,37-,51-/m0/s1. The molecule has 0 saturated carbocycles. The summed E-state index contributed by atoms with van der Waals surface area (Å²) < 4.78 is 28.4. The molecule has 7 N–H and O–H groups in total. The fraction of sp³-hybridized carbons (Fsp3) is 0.451. The number of imide groups is 1. The van der Waals surface area contributed by atoms with Crippen LogP contribution >= 0.6 is 0 Å². The lowest BCUT2D eigenvalue weighted by molar-refractivity contribution is -0.182. The second-order valence-electron chi connectivity index (χ2n) is 18.7. The molecule has 0 radical (unpaired) electrons. The van der Waals surface area contributed by atoms with Crippen molar-refractivity contribution < 1.29 is 52.2 Å². The van der Waals surface area contributed by atoms with E-state index >= 15 is 4.39 Å². The van der Waals surface area contributed by atoms with Crippen molar-refractivity contribution in [2.24, 2.45) is 11.7 Å². The number of amides is 7. The number of carbonyl (C=O) groups excluding carboxylic acids is 8. The number of halogens is 1. The van der Waals surface area contributed by atoms with Crippen molar-refractivity contribution in [3.63, 3.8) is 0 Å². The number of unbranched alkanes of at least 4 members (excludes halogenated alkanes) is 2. The number of nitrogens with one attached hydrogen (secondary N) is 5. The van der Waals surface area contributed by atoms with Crippen molar-refractivity contribution in [1.29, 1.82) is 0 Å². The molecule has 7 amide bonds. The summed E-state index contributed by atoms with van der Waals surface area (Å²) in [6.07, 6.45) is 3.18. The topological polar surface area (TPSA) is 279 Å². The second kappa shape index (κ2) is 21.5. The molecule has 2 aromatic heterocycles. The molecule has 2 aromatic carbocycles. The van der Waals surface area contributed by atoms with Gasteiger partial charge in [0.2, 0.25) is 41.4 Å². The van der Waals surface area contributed by atoms with Gasteiger partial charge in [0, 0.05) is 60.3 Å². The van der Waals surface area contributed by atoms with Gasteiger partial charge >= 0.3 is 5.97 Å². The van der Waals surface area contributed by atoms with Crippen LogP contribution in [-0.2, 0) is 79.4 Å². The Labute approximate surface area is 413 Å². The summed E-state index contributed by atoms with van der Waals surface area (Å²) in [5, 5.41) is 13.3. The zero-order valence-corrected chi connectivity index (χ0v) is 40.4. The highest BCUT2D eigenvalue weighted by Gasteiger charge is 2.49. The number of aromatic nitrogens is 2. The number of esters is 1. The highest BCUT2D eigenvalue weighted by Crippen LogP contribution is 2.46. The van der Waals surface area contributed by atoms with E-state index in [4.69, 9.17) is 20.2 Å². The third-order valence-electron chi connectivity index (χ3n) is 14.0. The number of benzene rings is 2. The molecule has 4 aliphatic rings. The minimum atomic E-state index is -1.83. The quantitative estimate of drug-likeness (QED) is 0.0280. The summed E-state index contributed by atoms with van der Waals surface area (Å²) in [5.74, 6) is -5.04. The number of pyridine rings is 2. The minimum Gasteiger partial charge on any atom is -0.458 e. The molecule has 4 aromatic rings. The highest BCUT2D eigenvalue weighted by atomic mass is 19.1. The Hall–Kier alpha value is -7.39. The number of cyclic esters (lactones) is 1. The third-order valence-corrected chi connectivity index (χ3v) is 14.0. The van der Waals surface area contributed by atoms with Gasteiger partial charge < -0.3 is 46.4 Å². The summed E-state index contributed by atoms with van der Waals surface area (Å²) in [4.78, 5) is 123. The number of likely N-dealkylation sites (tertiary alicyclic amines) is 1. The molecule has 3 aliphatic heterocycles. The van der Waals surface area contributed by atoms with E-state index in [0.717, 1.165) is 22.1 Å². The van der Waals surface area contributed by atoms with E-state index in [1.165, 1.54) is 11.0 Å². The number of carbonyl (C=O) groups is 8. The molecule has 72 heavy (non-hydrogen) atoms. The maximum atomic E-state index is 15.2. The van der Waals surface area contributed by atoms with Gasteiger partial charge in [0.15, 0.2) is 5.60 Å². The summed E-state index contributed by atoms with van der Waals surface area (Å²) in [6, 6.07) is 10.3. The zero-order valence-electron chi connectivity index (χ0n) is 40.4. The Kier molecular flexibility index (Phi) is 15.2. The Morgan fingerprint density at radius 1 is 0.917 bits per heavy atom. The molecule has 5 heterocycles. The molecule has 1 unspecified atom stereocenters. The fourth-order valence-corrected chi connectivity index (χ4v) is 10.0. The molecular formula is C51H58FN9O11. The highest BCUT2D eigenvalue weighted by molar-refractivity contribution is 6.03. The van der Waals surface area contributed by atoms with Crippen LogP contribution in [0.25, 0.3) is 22.3 Å². The predicted molar refractivity (Wildman–Crippen MR) is 256 cm³/mol. The molecule has 20 nitrogen and oxygen atoms in total. The Bertz CT molecular complexity index is 2940.